The van der Waals surface area contributed by atoms with Gasteiger partial charge < -0.3 is 25.8 Å². The maximum Gasteiger partial charge on any atom is 0.250 e. The van der Waals surface area contributed by atoms with Gasteiger partial charge in [-0.25, -0.2) is 0 Å². The molecule has 4 rings (SSSR count). The van der Waals surface area contributed by atoms with Crippen molar-refractivity contribution in [3.8, 4) is 11.5 Å². The normalized spacial score (nSPS) is 23.5. The topological polar surface area (TPSA) is 132 Å². The summed E-state index contributed by atoms with van der Waals surface area (Å²) >= 11 is 0. The van der Waals surface area contributed by atoms with E-state index in [4.69, 9.17) is 15.2 Å². The molecule has 1 saturated heterocycles. The Morgan fingerprint density at radius 3 is 2.69 bits per heavy atom. The SMILES string of the molecule is COc1ccc(OC)c(NC(=O)[C@H]2C[C@H](CC(N)=O)N[C@]23C(=O)Nc2c(C)cccc23)c1. The van der Waals surface area contributed by atoms with Crippen LogP contribution in [0.2, 0.25) is 0 Å². The van der Waals surface area contributed by atoms with E-state index in [0.29, 0.717) is 28.4 Å². The van der Waals surface area contributed by atoms with Crippen molar-refractivity contribution >= 4 is 29.1 Å². The highest BCUT2D eigenvalue weighted by atomic mass is 16.5. The molecule has 3 atom stereocenters. The molecule has 9 nitrogen and oxygen atoms in total. The lowest BCUT2D eigenvalue weighted by Gasteiger charge is -2.29. The molecule has 0 saturated carbocycles. The number of amides is 3. The van der Waals surface area contributed by atoms with Crippen LogP contribution in [0.3, 0.4) is 0 Å². The molecule has 32 heavy (non-hydrogen) atoms. The number of carbonyl (C=O) groups is 3. The maximum absolute atomic E-state index is 13.6. The molecule has 1 fully saturated rings. The highest BCUT2D eigenvalue weighted by Gasteiger charge is 2.60. The molecule has 0 aromatic heterocycles. The molecule has 5 N–H and O–H groups in total. The van der Waals surface area contributed by atoms with Gasteiger partial charge in [-0.05, 0) is 31.0 Å². The summed E-state index contributed by atoms with van der Waals surface area (Å²) in [7, 11) is 3.03. The number of para-hydroxylation sites is 1. The number of carbonyl (C=O) groups excluding carboxylic acids is 3. The van der Waals surface area contributed by atoms with Crippen LogP contribution in [0.1, 0.15) is 24.0 Å². The van der Waals surface area contributed by atoms with E-state index in [1.54, 1.807) is 18.2 Å². The smallest absolute Gasteiger partial charge is 0.250 e. The van der Waals surface area contributed by atoms with Crippen LogP contribution < -0.4 is 31.2 Å². The number of anilines is 2. The second-order valence-corrected chi connectivity index (χ2v) is 8.12. The second-order valence-electron chi connectivity index (χ2n) is 8.12. The number of aryl methyl sites for hydroxylation is 1. The highest BCUT2D eigenvalue weighted by Crippen LogP contribution is 2.48. The molecule has 3 amide bonds. The first-order chi connectivity index (χ1) is 15.3. The van der Waals surface area contributed by atoms with E-state index < -0.39 is 23.4 Å². The number of ether oxygens (including phenoxy) is 2. The number of hydrogen-bond acceptors (Lipinski definition) is 6. The fraction of sp³-hybridized carbons (Fsp3) is 0.348. The number of primary amides is 1. The van der Waals surface area contributed by atoms with Gasteiger partial charge in [-0.2, -0.15) is 0 Å². The van der Waals surface area contributed by atoms with Crippen molar-refractivity contribution in [2.24, 2.45) is 11.7 Å². The number of benzene rings is 2. The number of nitrogens with two attached hydrogens (primary N) is 1. The van der Waals surface area contributed by atoms with Gasteiger partial charge in [-0.1, -0.05) is 18.2 Å². The fourth-order valence-corrected chi connectivity index (χ4v) is 4.74. The Morgan fingerprint density at radius 2 is 2.00 bits per heavy atom. The minimum Gasteiger partial charge on any atom is -0.497 e. The van der Waals surface area contributed by atoms with Crippen LogP contribution in [0.4, 0.5) is 11.4 Å². The average Bonchev–Trinajstić information content (AvgIpc) is 3.27. The Morgan fingerprint density at radius 1 is 1.22 bits per heavy atom. The van der Waals surface area contributed by atoms with E-state index >= 15 is 0 Å². The predicted octanol–water partition coefficient (Wildman–Crippen LogP) is 1.65. The summed E-state index contributed by atoms with van der Waals surface area (Å²) in [6.07, 6.45) is 0.282. The fourth-order valence-electron chi connectivity index (χ4n) is 4.74. The van der Waals surface area contributed by atoms with Gasteiger partial charge >= 0.3 is 0 Å². The summed E-state index contributed by atoms with van der Waals surface area (Å²) in [6.45, 7) is 1.89. The lowest BCUT2D eigenvalue weighted by Crippen LogP contribution is -2.52. The number of fused-ring (bicyclic) bond motifs is 2. The predicted molar refractivity (Wildman–Crippen MR) is 119 cm³/mol. The van der Waals surface area contributed by atoms with Gasteiger partial charge in [0.2, 0.25) is 17.7 Å². The summed E-state index contributed by atoms with van der Waals surface area (Å²) < 4.78 is 10.6. The van der Waals surface area contributed by atoms with Crippen LogP contribution in [0.15, 0.2) is 36.4 Å². The maximum atomic E-state index is 13.6. The monoisotopic (exact) mass is 438 g/mol. The number of hydrogen-bond donors (Lipinski definition) is 4. The Kier molecular flexibility index (Phi) is 5.52. The molecule has 168 valence electrons. The number of rotatable bonds is 6. The minimum absolute atomic E-state index is 0.0163. The van der Waals surface area contributed by atoms with Crippen molar-refractivity contribution in [2.45, 2.75) is 31.3 Å². The van der Waals surface area contributed by atoms with Crippen molar-refractivity contribution < 1.29 is 23.9 Å². The minimum atomic E-state index is -1.31. The van der Waals surface area contributed by atoms with Gasteiger partial charge in [0.05, 0.1) is 25.8 Å². The molecule has 0 aliphatic carbocycles. The van der Waals surface area contributed by atoms with Gasteiger partial charge in [0, 0.05) is 29.8 Å². The molecule has 9 heteroatoms. The van der Waals surface area contributed by atoms with Crippen LogP contribution in [0.25, 0.3) is 0 Å². The number of methoxy groups -OCH3 is 2. The van der Waals surface area contributed by atoms with Crippen LogP contribution in [-0.4, -0.2) is 38.0 Å². The number of nitrogens with one attached hydrogen (secondary N) is 3. The largest absolute Gasteiger partial charge is 0.497 e. The zero-order valence-corrected chi connectivity index (χ0v) is 18.2. The summed E-state index contributed by atoms with van der Waals surface area (Å²) in [5.41, 5.74) is 6.79. The second kappa shape index (κ2) is 8.16. The highest BCUT2D eigenvalue weighted by molar-refractivity contribution is 6.11. The molecular formula is C23H26N4O5. The Balaban J connectivity index is 1.75. The van der Waals surface area contributed by atoms with Crippen LogP contribution in [-0.2, 0) is 19.9 Å². The molecule has 1 spiro atoms. The van der Waals surface area contributed by atoms with E-state index in [0.717, 1.165) is 5.56 Å². The van der Waals surface area contributed by atoms with E-state index in [1.165, 1.54) is 14.2 Å². The Labute approximate surface area is 185 Å². The van der Waals surface area contributed by atoms with Gasteiger partial charge in [0.25, 0.3) is 0 Å². The molecule has 0 radical (unpaired) electrons. The van der Waals surface area contributed by atoms with E-state index in [9.17, 15) is 14.4 Å². The van der Waals surface area contributed by atoms with Gasteiger partial charge in [0.1, 0.15) is 17.0 Å². The zero-order chi connectivity index (χ0) is 23.0. The van der Waals surface area contributed by atoms with Crippen molar-refractivity contribution in [2.75, 3.05) is 24.9 Å². The van der Waals surface area contributed by atoms with Crippen LogP contribution in [0, 0.1) is 12.8 Å². The molecule has 2 aliphatic heterocycles. The summed E-state index contributed by atoms with van der Waals surface area (Å²) in [6, 6.07) is 10.2. The molecule has 0 unspecified atom stereocenters. The van der Waals surface area contributed by atoms with E-state index in [2.05, 4.69) is 16.0 Å². The molecular weight excluding hydrogens is 412 g/mol. The molecule has 2 aromatic rings. The average molecular weight is 438 g/mol. The van der Waals surface area contributed by atoms with E-state index in [1.807, 2.05) is 25.1 Å². The van der Waals surface area contributed by atoms with Gasteiger partial charge in [0.15, 0.2) is 0 Å². The van der Waals surface area contributed by atoms with E-state index in [-0.39, 0.29) is 24.7 Å². The van der Waals surface area contributed by atoms with Crippen molar-refractivity contribution in [1.82, 2.24) is 5.32 Å². The van der Waals surface area contributed by atoms with Crippen molar-refractivity contribution in [3.63, 3.8) is 0 Å². The van der Waals surface area contributed by atoms with Crippen molar-refractivity contribution in [3.05, 3.63) is 47.5 Å². The van der Waals surface area contributed by atoms with Crippen LogP contribution in [0.5, 0.6) is 11.5 Å². The Hall–Kier alpha value is -3.59. The third-order valence-electron chi connectivity index (χ3n) is 6.20. The lowest BCUT2D eigenvalue weighted by atomic mass is 9.79. The first-order valence-electron chi connectivity index (χ1n) is 10.3. The van der Waals surface area contributed by atoms with Gasteiger partial charge in [-0.15, -0.1) is 0 Å². The zero-order valence-electron chi connectivity index (χ0n) is 18.2. The molecule has 2 aromatic carbocycles. The third kappa shape index (κ3) is 3.44. The summed E-state index contributed by atoms with van der Waals surface area (Å²) in [5, 5.41) is 9.08. The third-order valence-corrected chi connectivity index (χ3v) is 6.20. The summed E-state index contributed by atoms with van der Waals surface area (Å²) in [5.74, 6) is -0.986. The molecule has 0 bridgehead atoms. The standard InChI is InChI=1S/C23H26N4O5/c1-12-5-4-6-15-20(12)26-22(30)23(15)16(9-13(27-23)10-19(24)28)21(29)25-17-11-14(31-2)7-8-18(17)32-3/h4-8,11,13,16,27H,9-10H2,1-3H3,(H2,24,28)(H,25,29)(H,26,30)/t13-,16-,23+/m1/s1. The first kappa shape index (κ1) is 21.6. The summed E-state index contributed by atoms with van der Waals surface area (Å²) in [4.78, 5) is 38.5. The van der Waals surface area contributed by atoms with Crippen LogP contribution >= 0.6 is 0 Å². The van der Waals surface area contributed by atoms with Gasteiger partial charge in [-0.3, -0.25) is 19.7 Å². The molecule has 2 heterocycles. The Bertz CT molecular complexity index is 1100. The quantitative estimate of drug-likeness (QED) is 0.542. The van der Waals surface area contributed by atoms with Crippen molar-refractivity contribution in [1.29, 1.82) is 0 Å². The lowest BCUT2D eigenvalue weighted by molar-refractivity contribution is -0.130. The first-order valence-corrected chi connectivity index (χ1v) is 10.3. The molecule has 2 aliphatic rings.